The van der Waals surface area contributed by atoms with Gasteiger partial charge in [-0.05, 0) is 34.5 Å². The van der Waals surface area contributed by atoms with E-state index in [1.165, 1.54) is 0 Å². The summed E-state index contributed by atoms with van der Waals surface area (Å²) < 4.78 is 0.725. The lowest BCUT2D eigenvalue weighted by Gasteiger charge is -2.11. The van der Waals surface area contributed by atoms with Gasteiger partial charge >= 0.3 is 0 Å². The molecule has 0 saturated carbocycles. The van der Waals surface area contributed by atoms with Gasteiger partial charge in [0.1, 0.15) is 0 Å². The summed E-state index contributed by atoms with van der Waals surface area (Å²) in [5.74, 6) is 5.55. The van der Waals surface area contributed by atoms with Crippen molar-refractivity contribution in [1.82, 2.24) is 4.98 Å². The molecular formula is C12H12BrCl2N3. The van der Waals surface area contributed by atoms with Crippen molar-refractivity contribution in [2.24, 2.45) is 5.84 Å². The maximum absolute atomic E-state index is 6.24. The number of hydrazine groups is 1. The fourth-order valence-electron chi connectivity index (χ4n) is 1.82. The van der Waals surface area contributed by atoms with Gasteiger partial charge in [0, 0.05) is 15.6 Å². The van der Waals surface area contributed by atoms with E-state index < -0.39 is 0 Å². The van der Waals surface area contributed by atoms with Gasteiger partial charge in [-0.25, -0.2) is 0 Å². The molecule has 2 aromatic rings. The Morgan fingerprint density at radius 3 is 2.67 bits per heavy atom. The van der Waals surface area contributed by atoms with Crippen LogP contribution in [0.15, 0.2) is 16.6 Å². The first-order valence-electron chi connectivity index (χ1n) is 5.52. The van der Waals surface area contributed by atoms with Crippen molar-refractivity contribution in [2.75, 3.05) is 5.43 Å². The van der Waals surface area contributed by atoms with Crippen molar-refractivity contribution >= 4 is 55.7 Å². The molecule has 18 heavy (non-hydrogen) atoms. The lowest BCUT2D eigenvalue weighted by molar-refractivity contribution is 0.890. The molecule has 0 bridgehead atoms. The number of benzene rings is 1. The molecule has 2 rings (SSSR count). The van der Waals surface area contributed by atoms with Gasteiger partial charge in [0.15, 0.2) is 0 Å². The van der Waals surface area contributed by atoms with Crippen LogP contribution in [-0.2, 0) is 6.42 Å². The molecule has 0 aliphatic rings. The number of hydrogen-bond acceptors (Lipinski definition) is 3. The zero-order chi connectivity index (χ0) is 13.3. The first-order valence-corrected chi connectivity index (χ1v) is 7.07. The highest BCUT2D eigenvalue weighted by Crippen LogP contribution is 2.38. The lowest BCUT2D eigenvalue weighted by Crippen LogP contribution is -2.08. The third kappa shape index (κ3) is 2.43. The van der Waals surface area contributed by atoms with Crippen LogP contribution < -0.4 is 11.3 Å². The highest BCUT2D eigenvalue weighted by atomic mass is 79.9. The van der Waals surface area contributed by atoms with Crippen LogP contribution in [0.4, 0.5) is 5.69 Å². The van der Waals surface area contributed by atoms with E-state index in [1.807, 2.05) is 12.1 Å². The third-order valence-corrected chi connectivity index (χ3v) is 4.37. The number of aryl methyl sites for hydroxylation is 1. The van der Waals surface area contributed by atoms with E-state index in [1.54, 1.807) is 0 Å². The highest BCUT2D eigenvalue weighted by Gasteiger charge is 2.13. The number of nitrogen functional groups attached to an aromatic ring is 1. The van der Waals surface area contributed by atoms with E-state index in [9.17, 15) is 0 Å². The van der Waals surface area contributed by atoms with E-state index in [4.69, 9.17) is 29.0 Å². The molecule has 0 aliphatic heterocycles. The molecule has 1 heterocycles. The van der Waals surface area contributed by atoms with Gasteiger partial charge in [-0.1, -0.05) is 36.5 Å². The second-order valence-corrected chi connectivity index (χ2v) is 5.55. The SMILES string of the molecule is CCCc1cc(NN)c2cc(Br)c(Cl)c(Cl)c2n1. The molecule has 6 heteroatoms. The normalized spacial score (nSPS) is 10.9. The number of rotatable bonds is 3. The Balaban J connectivity index is 2.79. The van der Waals surface area contributed by atoms with E-state index in [-0.39, 0.29) is 0 Å². The van der Waals surface area contributed by atoms with Crippen LogP contribution in [0.1, 0.15) is 19.0 Å². The minimum atomic E-state index is 0.440. The summed E-state index contributed by atoms with van der Waals surface area (Å²) in [5.41, 5.74) is 5.09. The monoisotopic (exact) mass is 347 g/mol. The summed E-state index contributed by atoms with van der Waals surface area (Å²) in [5, 5.41) is 1.75. The summed E-state index contributed by atoms with van der Waals surface area (Å²) in [7, 11) is 0. The van der Waals surface area contributed by atoms with Crippen LogP contribution in [-0.4, -0.2) is 4.98 Å². The molecule has 0 saturated heterocycles. The van der Waals surface area contributed by atoms with Crippen LogP contribution in [0.3, 0.4) is 0 Å². The van der Waals surface area contributed by atoms with E-state index in [0.29, 0.717) is 15.6 Å². The summed E-state index contributed by atoms with van der Waals surface area (Å²) in [6, 6.07) is 3.80. The maximum Gasteiger partial charge on any atom is 0.0928 e. The Labute approximate surface area is 124 Å². The van der Waals surface area contributed by atoms with Gasteiger partial charge in [0.25, 0.3) is 0 Å². The number of nitrogens with two attached hydrogens (primary N) is 1. The number of halogens is 3. The lowest BCUT2D eigenvalue weighted by atomic mass is 10.1. The first kappa shape index (κ1) is 13.9. The Bertz CT molecular complexity index is 602. The van der Waals surface area contributed by atoms with Gasteiger partial charge in [-0.15, -0.1) is 0 Å². The Morgan fingerprint density at radius 1 is 1.33 bits per heavy atom. The average Bonchev–Trinajstić information content (AvgIpc) is 2.37. The topological polar surface area (TPSA) is 50.9 Å². The minimum absolute atomic E-state index is 0.440. The van der Waals surface area contributed by atoms with Gasteiger partial charge in [-0.3, -0.25) is 10.8 Å². The molecule has 0 atom stereocenters. The Kier molecular flexibility index (Phi) is 4.33. The zero-order valence-electron chi connectivity index (χ0n) is 9.73. The van der Waals surface area contributed by atoms with Crippen LogP contribution in [0, 0.1) is 0 Å². The standard InChI is InChI=1S/C12H12BrCl2N3/c1-2-3-6-4-9(18-16)7-5-8(13)10(14)11(15)12(7)17-6/h4-5H,2-3,16H2,1H3,(H,17,18). The Morgan fingerprint density at radius 2 is 2.06 bits per heavy atom. The molecule has 0 spiro atoms. The molecule has 0 unspecified atom stereocenters. The van der Waals surface area contributed by atoms with Crippen molar-refractivity contribution in [3.63, 3.8) is 0 Å². The van der Waals surface area contributed by atoms with Crippen molar-refractivity contribution in [2.45, 2.75) is 19.8 Å². The number of anilines is 1. The first-order chi connectivity index (χ1) is 8.58. The molecule has 3 nitrogen and oxygen atoms in total. The number of fused-ring (bicyclic) bond motifs is 1. The molecule has 0 amide bonds. The zero-order valence-corrected chi connectivity index (χ0v) is 12.8. The maximum atomic E-state index is 6.24. The van der Waals surface area contributed by atoms with Gasteiger partial charge < -0.3 is 5.43 Å². The van der Waals surface area contributed by atoms with Crippen molar-refractivity contribution in [1.29, 1.82) is 0 Å². The van der Waals surface area contributed by atoms with Crippen molar-refractivity contribution in [3.05, 3.63) is 32.3 Å². The van der Waals surface area contributed by atoms with Crippen molar-refractivity contribution in [3.8, 4) is 0 Å². The second-order valence-electron chi connectivity index (χ2n) is 3.94. The van der Waals surface area contributed by atoms with E-state index in [2.05, 4.69) is 33.3 Å². The summed E-state index contributed by atoms with van der Waals surface area (Å²) >= 11 is 15.7. The number of hydrogen-bond donors (Lipinski definition) is 2. The highest BCUT2D eigenvalue weighted by molar-refractivity contribution is 9.10. The minimum Gasteiger partial charge on any atom is -0.323 e. The third-order valence-electron chi connectivity index (χ3n) is 2.65. The largest absolute Gasteiger partial charge is 0.323 e. The molecule has 0 fully saturated rings. The molecule has 1 aromatic heterocycles. The molecule has 3 N–H and O–H groups in total. The predicted molar refractivity (Wildman–Crippen MR) is 81.3 cm³/mol. The fraction of sp³-hybridized carbons (Fsp3) is 0.250. The number of pyridine rings is 1. The van der Waals surface area contributed by atoms with Crippen LogP contribution in [0.5, 0.6) is 0 Å². The van der Waals surface area contributed by atoms with Crippen LogP contribution >= 0.6 is 39.1 Å². The van der Waals surface area contributed by atoms with Gasteiger partial charge in [-0.2, -0.15) is 0 Å². The van der Waals surface area contributed by atoms with Crippen LogP contribution in [0.25, 0.3) is 10.9 Å². The number of aromatic nitrogens is 1. The smallest absolute Gasteiger partial charge is 0.0928 e. The van der Waals surface area contributed by atoms with Crippen molar-refractivity contribution < 1.29 is 0 Å². The summed E-state index contributed by atoms with van der Waals surface area (Å²) in [6.45, 7) is 2.09. The molecular weight excluding hydrogens is 337 g/mol. The summed E-state index contributed by atoms with van der Waals surface area (Å²) in [4.78, 5) is 4.54. The Hall–Kier alpha value is -0.550. The quantitative estimate of drug-likeness (QED) is 0.486. The molecule has 96 valence electrons. The second kappa shape index (κ2) is 5.61. The predicted octanol–water partition coefficient (Wildman–Crippen LogP) is 4.54. The molecule has 0 radical (unpaired) electrons. The van der Waals surface area contributed by atoms with E-state index >= 15 is 0 Å². The number of nitrogens with zero attached hydrogens (tertiary/aromatic N) is 1. The molecule has 0 aliphatic carbocycles. The van der Waals surface area contributed by atoms with E-state index in [0.717, 1.165) is 34.1 Å². The van der Waals surface area contributed by atoms with Crippen LogP contribution in [0.2, 0.25) is 10.0 Å². The molecule has 1 aromatic carbocycles. The van der Waals surface area contributed by atoms with Gasteiger partial charge in [0.2, 0.25) is 0 Å². The average molecular weight is 349 g/mol. The fourth-order valence-corrected chi connectivity index (χ4v) is 2.76. The number of nitrogens with one attached hydrogen (secondary N) is 1. The summed E-state index contributed by atoms with van der Waals surface area (Å²) in [6.07, 6.45) is 1.87. The van der Waals surface area contributed by atoms with Gasteiger partial charge in [0.05, 0.1) is 21.2 Å².